The van der Waals surface area contributed by atoms with Crippen LogP contribution in [0.1, 0.15) is 44.5 Å². The SMILES string of the molecule is CC(C)CC(C)NC(=O)c1ccccc1SC(C)C(=O)O. The van der Waals surface area contributed by atoms with Crippen LogP contribution in [-0.4, -0.2) is 28.3 Å². The van der Waals surface area contributed by atoms with Crippen molar-refractivity contribution in [1.29, 1.82) is 0 Å². The van der Waals surface area contributed by atoms with Gasteiger partial charge in [-0.3, -0.25) is 9.59 Å². The molecule has 116 valence electrons. The summed E-state index contributed by atoms with van der Waals surface area (Å²) in [5, 5.41) is 11.4. The van der Waals surface area contributed by atoms with Crippen molar-refractivity contribution in [3.63, 3.8) is 0 Å². The first-order valence-electron chi connectivity index (χ1n) is 7.10. The van der Waals surface area contributed by atoms with E-state index in [2.05, 4.69) is 19.2 Å². The number of carboxylic acid groups (broad SMARTS) is 1. The second-order valence-electron chi connectivity index (χ2n) is 5.60. The molecule has 0 aliphatic heterocycles. The highest BCUT2D eigenvalue weighted by Gasteiger charge is 2.18. The Labute approximate surface area is 130 Å². The lowest BCUT2D eigenvalue weighted by Crippen LogP contribution is -2.33. The number of hydrogen-bond acceptors (Lipinski definition) is 3. The van der Waals surface area contributed by atoms with Gasteiger partial charge in [-0.15, -0.1) is 11.8 Å². The van der Waals surface area contributed by atoms with Gasteiger partial charge in [-0.2, -0.15) is 0 Å². The van der Waals surface area contributed by atoms with Crippen LogP contribution in [0, 0.1) is 5.92 Å². The molecule has 0 heterocycles. The van der Waals surface area contributed by atoms with Crippen LogP contribution in [0.15, 0.2) is 29.2 Å². The number of aliphatic carboxylic acids is 1. The van der Waals surface area contributed by atoms with Crippen molar-refractivity contribution in [2.45, 2.75) is 50.3 Å². The highest BCUT2D eigenvalue weighted by molar-refractivity contribution is 8.00. The van der Waals surface area contributed by atoms with Gasteiger partial charge in [-0.1, -0.05) is 26.0 Å². The molecular weight excluding hydrogens is 286 g/mol. The third kappa shape index (κ3) is 5.79. The monoisotopic (exact) mass is 309 g/mol. The van der Waals surface area contributed by atoms with E-state index < -0.39 is 11.2 Å². The molecule has 2 unspecified atom stereocenters. The van der Waals surface area contributed by atoms with E-state index in [0.29, 0.717) is 16.4 Å². The average molecular weight is 309 g/mol. The fraction of sp³-hybridized carbons (Fsp3) is 0.500. The summed E-state index contributed by atoms with van der Waals surface area (Å²) in [5.74, 6) is -0.524. The van der Waals surface area contributed by atoms with Crippen molar-refractivity contribution in [2.24, 2.45) is 5.92 Å². The number of amides is 1. The van der Waals surface area contributed by atoms with Crippen LogP contribution in [0.2, 0.25) is 0 Å². The number of carbonyl (C=O) groups is 2. The van der Waals surface area contributed by atoms with Crippen LogP contribution in [0.5, 0.6) is 0 Å². The van der Waals surface area contributed by atoms with Crippen molar-refractivity contribution in [3.05, 3.63) is 29.8 Å². The molecule has 0 aromatic heterocycles. The largest absolute Gasteiger partial charge is 0.480 e. The summed E-state index contributed by atoms with van der Waals surface area (Å²) in [5.41, 5.74) is 0.534. The minimum atomic E-state index is -0.886. The zero-order valence-corrected chi connectivity index (χ0v) is 13.7. The number of carbonyl (C=O) groups excluding carboxylic acids is 1. The first kappa shape index (κ1) is 17.6. The fourth-order valence-electron chi connectivity index (χ4n) is 2.07. The van der Waals surface area contributed by atoms with Gasteiger partial charge < -0.3 is 10.4 Å². The molecule has 0 spiro atoms. The number of nitrogens with one attached hydrogen (secondary N) is 1. The van der Waals surface area contributed by atoms with E-state index in [1.165, 1.54) is 11.8 Å². The molecule has 2 atom stereocenters. The zero-order chi connectivity index (χ0) is 16.0. The maximum atomic E-state index is 12.3. The predicted molar refractivity (Wildman–Crippen MR) is 85.8 cm³/mol. The smallest absolute Gasteiger partial charge is 0.316 e. The Morgan fingerprint density at radius 1 is 1.19 bits per heavy atom. The van der Waals surface area contributed by atoms with Gasteiger partial charge in [0.05, 0.1) is 5.56 Å². The minimum Gasteiger partial charge on any atom is -0.480 e. The minimum absolute atomic E-state index is 0.0902. The van der Waals surface area contributed by atoms with E-state index in [4.69, 9.17) is 5.11 Å². The first-order valence-corrected chi connectivity index (χ1v) is 7.98. The summed E-state index contributed by atoms with van der Waals surface area (Å²) >= 11 is 1.19. The Balaban J connectivity index is 2.82. The highest BCUT2D eigenvalue weighted by atomic mass is 32.2. The third-order valence-corrected chi connectivity index (χ3v) is 4.15. The van der Waals surface area contributed by atoms with Gasteiger partial charge in [0.1, 0.15) is 5.25 Å². The van der Waals surface area contributed by atoms with E-state index in [1.807, 2.05) is 13.0 Å². The van der Waals surface area contributed by atoms with E-state index in [0.717, 1.165) is 6.42 Å². The molecule has 21 heavy (non-hydrogen) atoms. The van der Waals surface area contributed by atoms with Crippen LogP contribution in [-0.2, 0) is 4.79 Å². The van der Waals surface area contributed by atoms with Gasteiger partial charge in [-0.05, 0) is 38.3 Å². The summed E-state index contributed by atoms with van der Waals surface area (Å²) in [6, 6.07) is 7.20. The average Bonchev–Trinajstić information content (AvgIpc) is 2.37. The van der Waals surface area contributed by atoms with Crippen molar-refractivity contribution < 1.29 is 14.7 Å². The summed E-state index contributed by atoms with van der Waals surface area (Å²) in [6.45, 7) is 7.82. The van der Waals surface area contributed by atoms with Crippen LogP contribution in [0.25, 0.3) is 0 Å². The molecule has 1 amide bonds. The summed E-state index contributed by atoms with van der Waals surface area (Å²) in [4.78, 5) is 24.0. The number of benzene rings is 1. The Bertz CT molecular complexity index is 502. The Kier molecular flexibility index (Phi) is 6.75. The zero-order valence-electron chi connectivity index (χ0n) is 12.9. The highest BCUT2D eigenvalue weighted by Crippen LogP contribution is 2.27. The molecule has 1 aromatic rings. The first-order chi connectivity index (χ1) is 9.81. The molecule has 2 N–H and O–H groups in total. The Morgan fingerprint density at radius 2 is 1.81 bits per heavy atom. The van der Waals surface area contributed by atoms with E-state index in [-0.39, 0.29) is 11.9 Å². The molecule has 0 fully saturated rings. The molecule has 0 saturated carbocycles. The van der Waals surface area contributed by atoms with Crippen LogP contribution in [0.3, 0.4) is 0 Å². The molecule has 0 radical (unpaired) electrons. The standard InChI is InChI=1S/C16H23NO3S/c1-10(2)9-11(3)17-15(18)13-7-5-6-8-14(13)21-12(4)16(19)20/h5-8,10-12H,9H2,1-4H3,(H,17,18)(H,19,20). The van der Waals surface area contributed by atoms with Crippen molar-refractivity contribution in [1.82, 2.24) is 5.32 Å². The number of carboxylic acids is 1. The number of thioether (sulfide) groups is 1. The third-order valence-electron chi connectivity index (χ3n) is 2.99. The summed E-state index contributed by atoms with van der Waals surface area (Å²) in [7, 11) is 0. The van der Waals surface area contributed by atoms with Gasteiger partial charge in [0.15, 0.2) is 0 Å². The molecule has 0 aliphatic carbocycles. The van der Waals surface area contributed by atoms with E-state index >= 15 is 0 Å². The van der Waals surface area contributed by atoms with Gasteiger partial charge in [-0.25, -0.2) is 0 Å². The van der Waals surface area contributed by atoms with Gasteiger partial charge in [0, 0.05) is 10.9 Å². The van der Waals surface area contributed by atoms with E-state index in [1.54, 1.807) is 25.1 Å². The maximum Gasteiger partial charge on any atom is 0.316 e. The Hall–Kier alpha value is -1.49. The van der Waals surface area contributed by atoms with Crippen LogP contribution in [0.4, 0.5) is 0 Å². The lowest BCUT2D eigenvalue weighted by atomic mass is 10.0. The molecule has 4 nitrogen and oxygen atoms in total. The molecule has 1 rings (SSSR count). The second kappa shape index (κ2) is 8.08. The molecule has 0 aliphatic rings. The Morgan fingerprint density at radius 3 is 2.38 bits per heavy atom. The van der Waals surface area contributed by atoms with E-state index in [9.17, 15) is 9.59 Å². The number of hydrogen-bond donors (Lipinski definition) is 2. The van der Waals surface area contributed by atoms with Crippen LogP contribution >= 0.6 is 11.8 Å². The molecular formula is C16H23NO3S. The lowest BCUT2D eigenvalue weighted by Gasteiger charge is -2.17. The summed E-state index contributed by atoms with van der Waals surface area (Å²) < 4.78 is 0. The lowest BCUT2D eigenvalue weighted by molar-refractivity contribution is -0.136. The molecule has 0 saturated heterocycles. The normalized spacial score (nSPS) is 13.8. The maximum absolute atomic E-state index is 12.3. The van der Waals surface area contributed by atoms with Gasteiger partial charge in [0.25, 0.3) is 5.91 Å². The molecule has 5 heteroatoms. The van der Waals surface area contributed by atoms with Gasteiger partial charge in [0.2, 0.25) is 0 Å². The topological polar surface area (TPSA) is 66.4 Å². The van der Waals surface area contributed by atoms with Crippen LogP contribution < -0.4 is 5.32 Å². The molecule has 1 aromatic carbocycles. The summed E-state index contributed by atoms with van der Waals surface area (Å²) in [6.07, 6.45) is 0.909. The quantitative estimate of drug-likeness (QED) is 0.757. The predicted octanol–water partition coefficient (Wildman–Crippen LogP) is 3.42. The van der Waals surface area contributed by atoms with Crippen molar-refractivity contribution in [3.8, 4) is 0 Å². The van der Waals surface area contributed by atoms with Crippen molar-refractivity contribution >= 4 is 23.6 Å². The number of rotatable bonds is 7. The van der Waals surface area contributed by atoms with Gasteiger partial charge >= 0.3 is 5.97 Å². The fourth-order valence-corrected chi connectivity index (χ4v) is 2.99. The van der Waals surface area contributed by atoms with Crippen molar-refractivity contribution in [2.75, 3.05) is 0 Å². The second-order valence-corrected chi connectivity index (χ2v) is 6.98. The molecule has 0 bridgehead atoms.